The van der Waals surface area contributed by atoms with Crippen LogP contribution in [0, 0.1) is 0 Å². The topological polar surface area (TPSA) is 101 Å². The van der Waals surface area contributed by atoms with Crippen LogP contribution in [0.25, 0.3) is 10.9 Å². The maximum atomic E-state index is 13.1. The number of anilines is 1. The summed E-state index contributed by atoms with van der Waals surface area (Å²) < 4.78 is 1.41. The molecule has 0 aliphatic carbocycles. The predicted octanol–water partition coefficient (Wildman–Crippen LogP) is 4.50. The third kappa shape index (κ3) is 4.59. The molecular weight excluding hydrogens is 511 g/mol. The highest BCUT2D eigenvalue weighted by molar-refractivity contribution is 6.31. The van der Waals surface area contributed by atoms with Crippen molar-refractivity contribution in [1.29, 1.82) is 0 Å². The molecule has 190 valence electrons. The molecule has 9 heteroatoms. The number of aromatic nitrogens is 2. The first-order valence-corrected chi connectivity index (χ1v) is 12.7. The van der Waals surface area contributed by atoms with Crippen LogP contribution < -0.4 is 16.2 Å². The molecule has 1 atom stereocenters. The molecule has 1 aliphatic heterocycles. The largest absolute Gasteiger partial charge is 0.389 e. The van der Waals surface area contributed by atoms with Crippen molar-refractivity contribution < 1.29 is 9.90 Å². The number of rotatable bonds is 5. The Kier molecular flexibility index (Phi) is 6.70. The third-order valence-electron chi connectivity index (χ3n) is 7.24. The first-order chi connectivity index (χ1) is 17.7. The van der Waals surface area contributed by atoms with Crippen LogP contribution in [0.3, 0.4) is 0 Å². The standard InChI is InChI=1S/C28H26Cl2N4O3/c1-33-22-10-8-18(29)15-20(22)25(23(26(31)35)27(33)36)34-13-11-28(37,12-14-34)24(17-5-3-2-4-6-17)21-9-7-19(30)16-32-21/h2-10,15-16,24,37H,11-14H2,1H3,(H2,31,35)/t24-/m1/s1. The number of pyridine rings is 2. The molecule has 1 saturated heterocycles. The molecular formula is C28H26Cl2N4O3. The molecule has 3 N–H and O–H groups in total. The Morgan fingerprint density at radius 1 is 1.05 bits per heavy atom. The fourth-order valence-electron chi connectivity index (χ4n) is 5.42. The van der Waals surface area contributed by atoms with Crippen molar-refractivity contribution in [2.24, 2.45) is 12.8 Å². The van der Waals surface area contributed by atoms with Gasteiger partial charge in [0.2, 0.25) is 0 Å². The first-order valence-electron chi connectivity index (χ1n) is 12.0. The molecule has 4 aromatic rings. The number of aliphatic hydroxyl groups is 1. The summed E-state index contributed by atoms with van der Waals surface area (Å²) >= 11 is 12.4. The van der Waals surface area contributed by atoms with E-state index in [1.165, 1.54) is 4.57 Å². The Morgan fingerprint density at radius 2 is 1.73 bits per heavy atom. The van der Waals surface area contributed by atoms with Crippen LogP contribution in [-0.2, 0) is 7.05 Å². The fraction of sp³-hybridized carbons (Fsp3) is 0.250. The smallest absolute Gasteiger partial charge is 0.265 e. The Morgan fingerprint density at radius 3 is 2.35 bits per heavy atom. The average molecular weight is 537 g/mol. The third-order valence-corrected chi connectivity index (χ3v) is 7.70. The quantitative estimate of drug-likeness (QED) is 0.391. The summed E-state index contributed by atoms with van der Waals surface area (Å²) in [6.07, 6.45) is 2.32. The van der Waals surface area contributed by atoms with Gasteiger partial charge in [0.05, 0.1) is 33.4 Å². The molecule has 0 radical (unpaired) electrons. The van der Waals surface area contributed by atoms with Gasteiger partial charge in [-0.25, -0.2) is 0 Å². The number of primary amides is 1. The second-order valence-electron chi connectivity index (χ2n) is 9.45. The van der Waals surface area contributed by atoms with Crippen molar-refractivity contribution in [3.05, 3.63) is 104 Å². The van der Waals surface area contributed by atoms with E-state index >= 15 is 0 Å². The first kappa shape index (κ1) is 25.3. The lowest BCUT2D eigenvalue weighted by molar-refractivity contribution is -0.000531. The molecule has 2 aromatic heterocycles. The van der Waals surface area contributed by atoms with E-state index in [1.807, 2.05) is 41.3 Å². The number of nitrogens with zero attached hydrogens (tertiary/aromatic N) is 3. The minimum absolute atomic E-state index is 0.0818. The van der Waals surface area contributed by atoms with Crippen LogP contribution in [-0.4, -0.2) is 39.3 Å². The molecule has 2 aromatic carbocycles. The minimum Gasteiger partial charge on any atom is -0.389 e. The zero-order valence-corrected chi connectivity index (χ0v) is 21.7. The lowest BCUT2D eigenvalue weighted by atomic mass is 9.74. The molecule has 0 bridgehead atoms. The monoisotopic (exact) mass is 536 g/mol. The van der Waals surface area contributed by atoms with E-state index in [9.17, 15) is 14.7 Å². The molecule has 1 aliphatic rings. The Labute approximate surface area is 224 Å². The van der Waals surface area contributed by atoms with Gasteiger partial charge in [0, 0.05) is 36.7 Å². The van der Waals surface area contributed by atoms with E-state index in [0.29, 0.717) is 52.6 Å². The lowest BCUT2D eigenvalue weighted by Crippen LogP contribution is -2.49. The number of amides is 1. The highest BCUT2D eigenvalue weighted by atomic mass is 35.5. The molecule has 37 heavy (non-hydrogen) atoms. The number of carbonyl (C=O) groups is 1. The molecule has 5 rings (SSSR count). The van der Waals surface area contributed by atoms with Crippen LogP contribution >= 0.6 is 23.2 Å². The van der Waals surface area contributed by atoms with Crippen molar-refractivity contribution >= 4 is 45.7 Å². The Bertz CT molecular complexity index is 1530. The van der Waals surface area contributed by atoms with Crippen LogP contribution in [0.2, 0.25) is 10.0 Å². The number of aryl methyl sites for hydroxylation is 1. The fourth-order valence-corrected chi connectivity index (χ4v) is 5.70. The van der Waals surface area contributed by atoms with E-state index in [4.69, 9.17) is 28.9 Å². The average Bonchev–Trinajstić information content (AvgIpc) is 2.88. The van der Waals surface area contributed by atoms with E-state index in [0.717, 1.165) is 11.3 Å². The van der Waals surface area contributed by atoms with Gasteiger partial charge < -0.3 is 20.3 Å². The SMILES string of the molecule is Cn1c(=O)c(C(N)=O)c(N2CCC(O)([C@H](c3ccccc3)c3ccc(Cl)cn3)CC2)c2cc(Cl)ccc21. The van der Waals surface area contributed by atoms with Gasteiger partial charge in [-0.3, -0.25) is 14.6 Å². The maximum Gasteiger partial charge on any atom is 0.265 e. The second kappa shape index (κ2) is 9.82. The van der Waals surface area contributed by atoms with Crippen LogP contribution in [0.1, 0.15) is 40.4 Å². The van der Waals surface area contributed by atoms with Crippen molar-refractivity contribution in [1.82, 2.24) is 9.55 Å². The maximum absolute atomic E-state index is 13.1. The summed E-state index contributed by atoms with van der Waals surface area (Å²) in [7, 11) is 1.60. The number of piperidine rings is 1. The highest BCUT2D eigenvalue weighted by Crippen LogP contribution is 2.43. The summed E-state index contributed by atoms with van der Waals surface area (Å²) in [5.41, 5.74) is 6.79. The molecule has 0 unspecified atom stereocenters. The second-order valence-corrected chi connectivity index (χ2v) is 10.3. The zero-order valence-electron chi connectivity index (χ0n) is 20.2. The van der Waals surface area contributed by atoms with Gasteiger partial charge in [-0.15, -0.1) is 0 Å². The number of carbonyl (C=O) groups excluding carboxylic acids is 1. The number of benzene rings is 2. The van der Waals surface area contributed by atoms with Crippen molar-refractivity contribution in [3.8, 4) is 0 Å². The normalized spacial score (nSPS) is 16.1. The molecule has 3 heterocycles. The van der Waals surface area contributed by atoms with E-state index in [-0.39, 0.29) is 5.56 Å². The van der Waals surface area contributed by atoms with Crippen molar-refractivity contribution in [2.75, 3.05) is 18.0 Å². The summed E-state index contributed by atoms with van der Waals surface area (Å²) in [6.45, 7) is 0.783. The molecule has 0 spiro atoms. The van der Waals surface area contributed by atoms with Gasteiger partial charge in [0.1, 0.15) is 5.56 Å². The number of hydrogen-bond acceptors (Lipinski definition) is 5. The van der Waals surface area contributed by atoms with Crippen molar-refractivity contribution in [3.63, 3.8) is 0 Å². The number of hydrogen-bond donors (Lipinski definition) is 2. The van der Waals surface area contributed by atoms with Gasteiger partial charge in [-0.2, -0.15) is 0 Å². The number of fused-ring (bicyclic) bond motifs is 1. The van der Waals surface area contributed by atoms with Gasteiger partial charge in [0.15, 0.2) is 0 Å². The lowest BCUT2D eigenvalue weighted by Gasteiger charge is -2.44. The van der Waals surface area contributed by atoms with Gasteiger partial charge in [-0.1, -0.05) is 53.5 Å². The molecule has 0 saturated carbocycles. The Balaban J connectivity index is 1.57. The number of halogens is 2. The Hall–Kier alpha value is -3.39. The van der Waals surface area contributed by atoms with Crippen molar-refractivity contribution in [2.45, 2.75) is 24.4 Å². The summed E-state index contributed by atoms with van der Waals surface area (Å²) in [5.74, 6) is -1.19. The zero-order chi connectivity index (χ0) is 26.3. The molecule has 7 nitrogen and oxygen atoms in total. The van der Waals surface area contributed by atoms with E-state index in [2.05, 4.69) is 4.98 Å². The minimum atomic E-state index is -1.13. The highest BCUT2D eigenvalue weighted by Gasteiger charge is 2.43. The van der Waals surface area contributed by atoms with E-state index < -0.39 is 23.0 Å². The van der Waals surface area contributed by atoms with Crippen LogP contribution in [0.4, 0.5) is 5.69 Å². The summed E-state index contributed by atoms with van der Waals surface area (Å²) in [6, 6.07) is 18.6. The number of nitrogens with two attached hydrogens (primary N) is 1. The molecule has 1 fully saturated rings. The van der Waals surface area contributed by atoms with Gasteiger partial charge in [0.25, 0.3) is 11.5 Å². The molecule has 1 amide bonds. The van der Waals surface area contributed by atoms with Gasteiger partial charge in [-0.05, 0) is 48.7 Å². The predicted molar refractivity (Wildman–Crippen MR) is 147 cm³/mol. The summed E-state index contributed by atoms with van der Waals surface area (Å²) in [4.78, 5) is 32.1. The van der Waals surface area contributed by atoms with Gasteiger partial charge >= 0.3 is 0 Å². The summed E-state index contributed by atoms with van der Waals surface area (Å²) in [5, 5.41) is 13.7. The van der Waals surface area contributed by atoms with E-state index in [1.54, 1.807) is 37.5 Å². The van der Waals surface area contributed by atoms with Crippen LogP contribution in [0.15, 0.2) is 71.7 Å². The van der Waals surface area contributed by atoms with Crippen LogP contribution in [0.5, 0.6) is 0 Å².